The summed E-state index contributed by atoms with van der Waals surface area (Å²) in [7, 11) is 0. The molecule has 64 valence electrons. The summed E-state index contributed by atoms with van der Waals surface area (Å²) in [6.07, 6.45) is 0. The topological polar surface area (TPSA) is 17.1 Å². The molecule has 12 heavy (non-hydrogen) atoms. The van der Waals surface area contributed by atoms with Crippen molar-refractivity contribution in [2.24, 2.45) is 0 Å². The van der Waals surface area contributed by atoms with E-state index in [1.807, 2.05) is 12.1 Å². The summed E-state index contributed by atoms with van der Waals surface area (Å²) >= 11 is 13.3. The number of carbonyl (C=O) groups is 1. The lowest BCUT2D eigenvalue weighted by Crippen LogP contribution is -1.96. The van der Waals surface area contributed by atoms with Gasteiger partial charge in [-0.15, -0.1) is 0 Å². The number of aryl methyl sites for hydroxylation is 1. The highest BCUT2D eigenvalue weighted by molar-refractivity contribution is 14.1. The van der Waals surface area contributed by atoms with Crippen LogP contribution in [0, 0.1) is 10.5 Å². The minimum absolute atomic E-state index is 0.408. The summed E-state index contributed by atoms with van der Waals surface area (Å²) in [4.78, 5) is 10.9. The van der Waals surface area contributed by atoms with E-state index >= 15 is 0 Å². The lowest BCUT2D eigenvalue weighted by atomic mass is 10.1. The third-order valence-electron chi connectivity index (χ3n) is 1.50. The normalized spacial score (nSPS) is 10.0. The molecule has 1 aromatic carbocycles. The number of hydrogen-bond donors (Lipinski definition) is 0. The van der Waals surface area contributed by atoms with Gasteiger partial charge >= 0.3 is 0 Å². The number of carbonyl (C=O) groups excluding carboxylic acids is 1. The van der Waals surface area contributed by atoms with Crippen molar-refractivity contribution in [2.75, 3.05) is 0 Å². The number of halogens is 3. The third kappa shape index (κ3) is 1.92. The van der Waals surface area contributed by atoms with E-state index in [1.165, 1.54) is 0 Å². The Labute approximate surface area is 94.2 Å². The van der Waals surface area contributed by atoms with E-state index in [4.69, 9.17) is 23.2 Å². The Balaban J connectivity index is 3.43. The molecule has 0 aliphatic carbocycles. The van der Waals surface area contributed by atoms with Gasteiger partial charge in [-0.2, -0.15) is 0 Å². The fourth-order valence-electron chi connectivity index (χ4n) is 0.888. The van der Waals surface area contributed by atoms with Crippen LogP contribution in [0.15, 0.2) is 12.1 Å². The maximum absolute atomic E-state index is 10.9. The first-order valence-electron chi connectivity index (χ1n) is 3.18. The first kappa shape index (κ1) is 10.3. The van der Waals surface area contributed by atoms with Crippen molar-refractivity contribution in [3.05, 3.63) is 31.9 Å². The molecule has 0 aliphatic rings. The monoisotopic (exact) mass is 314 g/mol. The fourth-order valence-corrected chi connectivity index (χ4v) is 1.93. The summed E-state index contributed by atoms with van der Waals surface area (Å²) in [5, 5.41) is -0.0633. The predicted molar refractivity (Wildman–Crippen MR) is 59.1 cm³/mol. The van der Waals surface area contributed by atoms with Crippen LogP contribution >= 0.6 is 45.8 Å². The molecule has 0 heterocycles. The molecular weight excluding hydrogens is 310 g/mol. The summed E-state index contributed by atoms with van der Waals surface area (Å²) in [6, 6.07) is 3.67. The number of benzene rings is 1. The molecule has 0 radical (unpaired) electrons. The fraction of sp³-hybridized carbons (Fsp3) is 0.125. The van der Waals surface area contributed by atoms with Crippen molar-refractivity contribution < 1.29 is 4.79 Å². The van der Waals surface area contributed by atoms with Crippen LogP contribution in [-0.2, 0) is 0 Å². The van der Waals surface area contributed by atoms with E-state index in [9.17, 15) is 4.79 Å². The Kier molecular flexibility index (Phi) is 3.37. The first-order chi connectivity index (χ1) is 5.54. The molecule has 0 atom stereocenters. The van der Waals surface area contributed by atoms with Crippen LogP contribution in [0.2, 0.25) is 5.02 Å². The van der Waals surface area contributed by atoms with Gasteiger partial charge in [0.2, 0.25) is 0 Å². The highest BCUT2D eigenvalue weighted by atomic mass is 127. The minimum Gasteiger partial charge on any atom is -0.276 e. The van der Waals surface area contributed by atoms with E-state index in [1.54, 1.807) is 6.92 Å². The lowest BCUT2D eigenvalue weighted by Gasteiger charge is -2.04. The highest BCUT2D eigenvalue weighted by Crippen LogP contribution is 2.26. The van der Waals surface area contributed by atoms with Crippen LogP contribution in [0.1, 0.15) is 15.9 Å². The van der Waals surface area contributed by atoms with E-state index in [2.05, 4.69) is 22.6 Å². The molecule has 0 saturated heterocycles. The Bertz CT molecular complexity index is 336. The van der Waals surface area contributed by atoms with E-state index in [-0.39, 0.29) is 0 Å². The van der Waals surface area contributed by atoms with E-state index < -0.39 is 5.24 Å². The van der Waals surface area contributed by atoms with Gasteiger partial charge in [-0.3, -0.25) is 4.79 Å². The zero-order valence-corrected chi connectivity index (χ0v) is 9.87. The Morgan fingerprint density at radius 1 is 1.50 bits per heavy atom. The highest BCUT2D eigenvalue weighted by Gasteiger charge is 2.12. The van der Waals surface area contributed by atoms with Gasteiger partial charge in [-0.1, -0.05) is 17.7 Å². The zero-order valence-electron chi connectivity index (χ0n) is 6.20. The van der Waals surface area contributed by atoms with Gasteiger partial charge < -0.3 is 0 Å². The summed E-state index contributed by atoms with van der Waals surface area (Å²) in [5.74, 6) is 0. The molecule has 0 bridgehead atoms. The second kappa shape index (κ2) is 3.94. The van der Waals surface area contributed by atoms with Gasteiger partial charge in [0.1, 0.15) is 0 Å². The van der Waals surface area contributed by atoms with Crippen molar-refractivity contribution in [2.45, 2.75) is 6.92 Å². The van der Waals surface area contributed by atoms with Gasteiger partial charge in [0.15, 0.2) is 0 Å². The van der Waals surface area contributed by atoms with Crippen molar-refractivity contribution in [3.8, 4) is 0 Å². The van der Waals surface area contributed by atoms with Gasteiger partial charge in [-0.05, 0) is 52.7 Å². The van der Waals surface area contributed by atoms with Gasteiger partial charge in [-0.25, -0.2) is 0 Å². The molecular formula is C8H5Cl2IO. The van der Waals surface area contributed by atoms with Gasteiger partial charge in [0, 0.05) is 3.57 Å². The van der Waals surface area contributed by atoms with Crippen molar-refractivity contribution >= 4 is 51.0 Å². The standard InChI is InChI=1S/C8H5Cl2IO/c1-4-2-3-5(11)7(9)6(4)8(10)12/h2-3H,1H3. The van der Waals surface area contributed by atoms with Gasteiger partial charge in [0.05, 0.1) is 10.6 Å². The molecule has 1 rings (SSSR count). The summed E-state index contributed by atoms with van der Waals surface area (Å²) in [5.41, 5.74) is 1.21. The second-order valence-corrected chi connectivity index (χ2v) is 4.21. The largest absolute Gasteiger partial charge is 0.276 e. The smallest absolute Gasteiger partial charge is 0.254 e. The molecule has 0 aromatic heterocycles. The molecule has 0 N–H and O–H groups in total. The molecule has 0 aliphatic heterocycles. The molecule has 0 amide bonds. The molecule has 0 saturated carbocycles. The first-order valence-corrected chi connectivity index (χ1v) is 5.02. The molecule has 1 aromatic rings. The maximum atomic E-state index is 10.9. The predicted octanol–water partition coefficient (Wildman–Crippen LogP) is 3.63. The van der Waals surface area contributed by atoms with E-state index in [0.717, 1.165) is 9.13 Å². The molecule has 4 heteroatoms. The molecule has 0 fully saturated rings. The van der Waals surface area contributed by atoms with Crippen LogP contribution in [0.5, 0.6) is 0 Å². The summed E-state index contributed by atoms with van der Waals surface area (Å²) in [6.45, 7) is 1.80. The molecule has 1 nitrogen and oxygen atoms in total. The van der Waals surface area contributed by atoms with Crippen LogP contribution in [0.3, 0.4) is 0 Å². The SMILES string of the molecule is Cc1ccc(I)c(Cl)c1C(=O)Cl. The van der Waals surface area contributed by atoms with E-state index in [0.29, 0.717) is 10.6 Å². The van der Waals surface area contributed by atoms with Gasteiger partial charge in [0.25, 0.3) is 5.24 Å². The Morgan fingerprint density at radius 3 is 2.50 bits per heavy atom. The number of hydrogen-bond acceptors (Lipinski definition) is 1. The van der Waals surface area contributed by atoms with Crippen molar-refractivity contribution in [3.63, 3.8) is 0 Å². The lowest BCUT2D eigenvalue weighted by molar-refractivity contribution is 0.108. The quantitative estimate of drug-likeness (QED) is 0.571. The van der Waals surface area contributed by atoms with Crippen molar-refractivity contribution in [1.29, 1.82) is 0 Å². The molecule has 0 spiro atoms. The van der Waals surface area contributed by atoms with Crippen molar-refractivity contribution in [1.82, 2.24) is 0 Å². The molecule has 0 unspecified atom stereocenters. The maximum Gasteiger partial charge on any atom is 0.254 e. The Morgan fingerprint density at radius 2 is 2.08 bits per heavy atom. The number of rotatable bonds is 1. The zero-order chi connectivity index (χ0) is 9.30. The van der Waals surface area contributed by atoms with Crippen LogP contribution in [0.4, 0.5) is 0 Å². The van der Waals surface area contributed by atoms with Crippen LogP contribution < -0.4 is 0 Å². The van der Waals surface area contributed by atoms with Crippen LogP contribution in [-0.4, -0.2) is 5.24 Å². The third-order valence-corrected chi connectivity index (χ3v) is 3.30. The second-order valence-electron chi connectivity index (χ2n) is 2.33. The minimum atomic E-state index is -0.504. The van der Waals surface area contributed by atoms with Crippen LogP contribution in [0.25, 0.3) is 0 Å². The summed E-state index contributed by atoms with van der Waals surface area (Å²) < 4.78 is 0.837. The Hall–Kier alpha value is 0.200. The average molecular weight is 315 g/mol. The average Bonchev–Trinajstić information content (AvgIpc) is 1.97.